The molecule has 0 aromatic heterocycles. The molecule has 1 aliphatic heterocycles. The quantitative estimate of drug-likeness (QED) is 0.453. The Morgan fingerprint density at radius 2 is 1.69 bits per heavy atom. The summed E-state index contributed by atoms with van der Waals surface area (Å²) >= 11 is 0. The van der Waals surface area contributed by atoms with Gasteiger partial charge in [-0.1, -0.05) is 12.1 Å². The van der Waals surface area contributed by atoms with E-state index in [0.717, 1.165) is 6.26 Å². The van der Waals surface area contributed by atoms with Gasteiger partial charge < -0.3 is 19.5 Å². The van der Waals surface area contributed by atoms with Crippen LogP contribution in [-0.4, -0.2) is 46.9 Å². The average Bonchev–Trinajstić information content (AvgIpc) is 2.85. The van der Waals surface area contributed by atoms with Gasteiger partial charge in [0.25, 0.3) is 5.91 Å². The molecule has 1 amide bonds. The first-order valence-electron chi connectivity index (χ1n) is 10.9. The van der Waals surface area contributed by atoms with Gasteiger partial charge in [0.05, 0.1) is 25.0 Å². The van der Waals surface area contributed by atoms with Gasteiger partial charge in [-0.05, 0) is 54.1 Å². The van der Waals surface area contributed by atoms with Gasteiger partial charge in [-0.3, -0.25) is 9.10 Å². The lowest BCUT2D eigenvalue weighted by Gasteiger charge is -2.25. The molecule has 4 rings (SSSR count). The van der Waals surface area contributed by atoms with E-state index in [-0.39, 0.29) is 31.4 Å². The van der Waals surface area contributed by atoms with Crippen LogP contribution >= 0.6 is 0 Å². The molecule has 1 N–H and O–H groups in total. The number of halogens is 1. The predicted molar refractivity (Wildman–Crippen MR) is 129 cm³/mol. The summed E-state index contributed by atoms with van der Waals surface area (Å²) in [7, 11) is -3.59. The number of carbonyl (C=O) groups excluding carboxylic acids is 1. The van der Waals surface area contributed by atoms with Crippen molar-refractivity contribution < 1.29 is 31.8 Å². The first-order valence-corrected chi connectivity index (χ1v) is 12.8. The molecule has 0 aliphatic carbocycles. The maximum atomic E-state index is 12.9. The summed E-state index contributed by atoms with van der Waals surface area (Å²) in [5.74, 6) is 0.953. The monoisotopic (exact) mass is 500 g/mol. The van der Waals surface area contributed by atoms with Crippen LogP contribution in [-0.2, 0) is 16.6 Å². The lowest BCUT2D eigenvalue weighted by Crippen LogP contribution is -2.30. The summed E-state index contributed by atoms with van der Waals surface area (Å²) < 4.78 is 55.7. The summed E-state index contributed by atoms with van der Waals surface area (Å²) in [4.78, 5) is 12.4. The zero-order valence-electron chi connectivity index (χ0n) is 19.1. The van der Waals surface area contributed by atoms with Gasteiger partial charge in [0.1, 0.15) is 31.4 Å². The maximum Gasteiger partial charge on any atom is 0.251 e. The van der Waals surface area contributed by atoms with E-state index < -0.39 is 10.0 Å². The van der Waals surface area contributed by atoms with E-state index in [9.17, 15) is 17.6 Å². The summed E-state index contributed by atoms with van der Waals surface area (Å²) in [6.07, 6.45) is 1.14. The molecule has 0 saturated carbocycles. The Bertz CT molecular complexity index is 1280. The second-order valence-corrected chi connectivity index (χ2v) is 9.76. The fourth-order valence-electron chi connectivity index (χ4n) is 3.48. The number of nitrogens with zero attached hydrogens (tertiary/aromatic N) is 1. The highest BCUT2D eigenvalue weighted by Crippen LogP contribution is 2.35. The van der Waals surface area contributed by atoms with Gasteiger partial charge in [-0.2, -0.15) is 0 Å². The molecule has 1 aliphatic rings. The minimum absolute atomic E-state index is 0.0892. The molecule has 8 nitrogen and oxygen atoms in total. The number of carbonyl (C=O) groups is 1. The number of amides is 1. The smallest absolute Gasteiger partial charge is 0.251 e. The van der Waals surface area contributed by atoms with E-state index in [2.05, 4.69) is 5.32 Å². The highest BCUT2D eigenvalue weighted by Gasteiger charge is 2.21. The SMILES string of the molecule is CS(=O)(=O)N(Cc1ccc(C(=O)NCCOc2ccc(F)cc2)cc1)c1ccc2c(c1)OCCO2. The van der Waals surface area contributed by atoms with Crippen LogP contribution in [0.15, 0.2) is 66.7 Å². The van der Waals surface area contributed by atoms with Crippen LogP contribution in [0.25, 0.3) is 0 Å². The third-order valence-corrected chi connectivity index (χ3v) is 6.37. The van der Waals surface area contributed by atoms with Crippen molar-refractivity contribution in [1.29, 1.82) is 0 Å². The third kappa shape index (κ3) is 6.42. The zero-order valence-corrected chi connectivity index (χ0v) is 19.9. The van der Waals surface area contributed by atoms with Gasteiger partial charge in [0.15, 0.2) is 11.5 Å². The Kier molecular flexibility index (Phi) is 7.40. The topological polar surface area (TPSA) is 94.2 Å². The van der Waals surface area contributed by atoms with Crippen LogP contribution in [0.4, 0.5) is 10.1 Å². The molecule has 35 heavy (non-hydrogen) atoms. The minimum atomic E-state index is -3.59. The molecule has 3 aromatic carbocycles. The van der Waals surface area contributed by atoms with Gasteiger partial charge in [0, 0.05) is 11.6 Å². The fraction of sp³-hybridized carbons (Fsp3) is 0.240. The number of ether oxygens (including phenoxy) is 3. The van der Waals surface area contributed by atoms with Crippen molar-refractivity contribution >= 4 is 21.6 Å². The van der Waals surface area contributed by atoms with Gasteiger partial charge in [-0.25, -0.2) is 12.8 Å². The number of hydrogen-bond donors (Lipinski definition) is 1. The van der Waals surface area contributed by atoms with E-state index >= 15 is 0 Å². The van der Waals surface area contributed by atoms with E-state index in [4.69, 9.17) is 14.2 Å². The Hall–Kier alpha value is -3.79. The largest absolute Gasteiger partial charge is 0.492 e. The first-order chi connectivity index (χ1) is 16.8. The van der Waals surface area contributed by atoms with E-state index in [0.29, 0.717) is 47.3 Å². The Morgan fingerprint density at radius 3 is 2.37 bits per heavy atom. The molecular formula is C25H25FN2O6S. The molecule has 0 fully saturated rings. The zero-order chi connectivity index (χ0) is 24.8. The molecule has 0 unspecified atom stereocenters. The Morgan fingerprint density at radius 1 is 1.00 bits per heavy atom. The summed E-state index contributed by atoms with van der Waals surface area (Å²) in [6, 6.07) is 17.3. The van der Waals surface area contributed by atoms with Crippen molar-refractivity contribution in [2.24, 2.45) is 0 Å². The summed E-state index contributed by atoms with van der Waals surface area (Å²) in [6.45, 7) is 1.44. The molecule has 184 valence electrons. The summed E-state index contributed by atoms with van der Waals surface area (Å²) in [5.41, 5.74) is 1.60. The molecule has 0 saturated heterocycles. The van der Waals surface area contributed by atoms with Crippen LogP contribution in [0.3, 0.4) is 0 Å². The number of sulfonamides is 1. The normalized spacial score (nSPS) is 12.6. The van der Waals surface area contributed by atoms with Crippen molar-refractivity contribution in [3.05, 3.63) is 83.7 Å². The second kappa shape index (κ2) is 10.6. The molecule has 0 spiro atoms. The number of fused-ring (bicyclic) bond motifs is 1. The number of hydrogen-bond acceptors (Lipinski definition) is 6. The number of rotatable bonds is 9. The third-order valence-electron chi connectivity index (χ3n) is 5.23. The summed E-state index contributed by atoms with van der Waals surface area (Å²) in [5, 5.41) is 2.75. The van der Waals surface area contributed by atoms with Crippen molar-refractivity contribution in [3.8, 4) is 17.2 Å². The van der Waals surface area contributed by atoms with Crippen molar-refractivity contribution in [3.63, 3.8) is 0 Å². The Balaban J connectivity index is 1.36. The van der Waals surface area contributed by atoms with Gasteiger partial charge in [0.2, 0.25) is 10.0 Å². The predicted octanol–water partition coefficient (Wildman–Crippen LogP) is 3.37. The average molecular weight is 501 g/mol. The first kappa shape index (κ1) is 24.3. The maximum absolute atomic E-state index is 12.9. The number of anilines is 1. The van der Waals surface area contributed by atoms with Crippen LogP contribution in [0.2, 0.25) is 0 Å². The highest BCUT2D eigenvalue weighted by molar-refractivity contribution is 7.92. The standard InChI is InChI=1S/C25H25FN2O6S/c1-35(30,31)28(21-8-11-23-24(16-21)34-15-14-33-23)17-18-2-4-19(5-3-18)25(29)27-12-13-32-22-9-6-20(26)7-10-22/h2-11,16H,12-15,17H2,1H3,(H,27,29). The fourth-order valence-corrected chi connectivity index (χ4v) is 4.36. The van der Waals surface area contributed by atoms with Crippen molar-refractivity contribution in [2.45, 2.75) is 6.54 Å². The van der Waals surface area contributed by atoms with E-state index in [1.54, 1.807) is 42.5 Å². The van der Waals surface area contributed by atoms with E-state index in [1.807, 2.05) is 0 Å². The number of benzene rings is 3. The van der Waals surface area contributed by atoms with Gasteiger partial charge in [-0.15, -0.1) is 0 Å². The van der Waals surface area contributed by atoms with Crippen molar-refractivity contribution in [2.75, 3.05) is 36.9 Å². The highest BCUT2D eigenvalue weighted by atomic mass is 32.2. The molecule has 3 aromatic rings. The van der Waals surface area contributed by atoms with E-state index in [1.165, 1.54) is 28.6 Å². The Labute approximate surface area is 203 Å². The molecule has 0 radical (unpaired) electrons. The van der Waals surface area contributed by atoms with Crippen molar-refractivity contribution in [1.82, 2.24) is 5.32 Å². The van der Waals surface area contributed by atoms with Gasteiger partial charge >= 0.3 is 0 Å². The minimum Gasteiger partial charge on any atom is -0.492 e. The lowest BCUT2D eigenvalue weighted by molar-refractivity contribution is 0.0947. The molecule has 0 atom stereocenters. The lowest BCUT2D eigenvalue weighted by atomic mass is 10.1. The molecular weight excluding hydrogens is 475 g/mol. The molecule has 1 heterocycles. The molecule has 0 bridgehead atoms. The van der Waals surface area contributed by atoms with Crippen LogP contribution in [0.1, 0.15) is 15.9 Å². The van der Waals surface area contributed by atoms with Crippen LogP contribution < -0.4 is 23.8 Å². The van der Waals surface area contributed by atoms with Crippen LogP contribution in [0, 0.1) is 5.82 Å². The second-order valence-electron chi connectivity index (χ2n) is 7.85. The molecule has 10 heteroatoms. The van der Waals surface area contributed by atoms with Crippen LogP contribution in [0.5, 0.6) is 17.2 Å². The number of nitrogens with one attached hydrogen (secondary N) is 1.